The van der Waals surface area contributed by atoms with Crippen LogP contribution in [0.1, 0.15) is 19.3 Å². The lowest BCUT2D eigenvalue weighted by atomic mass is 10.1. The van der Waals surface area contributed by atoms with E-state index in [1.54, 1.807) is 18.3 Å². The number of fused-ring (bicyclic) bond motifs is 1. The summed E-state index contributed by atoms with van der Waals surface area (Å²) in [6.45, 7) is 0. The number of nitrogens with one attached hydrogen (secondary N) is 1. The van der Waals surface area contributed by atoms with Gasteiger partial charge in [0.15, 0.2) is 11.0 Å². The number of rotatable bonds is 6. The number of anilines is 1. The van der Waals surface area contributed by atoms with E-state index in [1.165, 1.54) is 26.0 Å². The third kappa shape index (κ3) is 4.38. The molecular weight excluding hydrogens is 481 g/mol. The zero-order valence-electron chi connectivity index (χ0n) is 17.5. The first-order chi connectivity index (χ1) is 15.3. The highest BCUT2D eigenvalue weighted by atomic mass is 35.5. The van der Waals surface area contributed by atoms with Crippen molar-refractivity contribution in [2.24, 2.45) is 0 Å². The Morgan fingerprint density at radius 1 is 1.12 bits per heavy atom. The van der Waals surface area contributed by atoms with Crippen LogP contribution in [0.3, 0.4) is 0 Å². The Morgan fingerprint density at radius 3 is 2.38 bits per heavy atom. The summed E-state index contributed by atoms with van der Waals surface area (Å²) in [7, 11) is 2.97. The first-order valence-electron chi connectivity index (χ1n) is 9.72. The second kappa shape index (κ2) is 9.03. The van der Waals surface area contributed by atoms with Gasteiger partial charge in [0.05, 0.1) is 30.0 Å². The molecule has 1 N–H and O–H groups in total. The molecule has 6 nitrogen and oxygen atoms in total. The predicted octanol–water partition coefficient (Wildman–Crippen LogP) is 6.34. The van der Waals surface area contributed by atoms with E-state index in [9.17, 15) is 8.78 Å². The van der Waals surface area contributed by atoms with Crippen molar-refractivity contribution in [3.05, 3.63) is 28.4 Å². The normalized spacial score (nSPS) is 17.5. The van der Waals surface area contributed by atoms with Gasteiger partial charge >= 0.3 is 0 Å². The fourth-order valence-electron chi connectivity index (χ4n) is 3.73. The molecule has 4 rings (SSSR count). The highest BCUT2D eigenvalue weighted by Gasteiger charge is 2.39. The van der Waals surface area contributed by atoms with E-state index in [2.05, 4.69) is 15.3 Å². The summed E-state index contributed by atoms with van der Waals surface area (Å²) in [5, 5.41) is 4.88. The van der Waals surface area contributed by atoms with Crippen LogP contribution in [0.4, 0.5) is 14.6 Å². The maximum absolute atomic E-state index is 13.8. The number of alkyl halides is 2. The standard InChI is InChI=1S/C21H20Cl2F2N4O2S/c1-30-13-7-14(31-2)17(23)15(16(13)22)12-6-10-9-26-20(32-3)29-18(10)19(28-12)27-11-4-5-21(24,25)8-11/h6-7,9,11H,4-5,8H2,1-3H3,(H,27,28). The van der Waals surface area contributed by atoms with Crippen molar-refractivity contribution >= 4 is 51.7 Å². The van der Waals surface area contributed by atoms with Crippen molar-refractivity contribution in [3.63, 3.8) is 0 Å². The summed E-state index contributed by atoms with van der Waals surface area (Å²) < 4.78 is 38.3. The number of thioether (sulfide) groups is 1. The van der Waals surface area contributed by atoms with Crippen molar-refractivity contribution in [2.45, 2.75) is 36.4 Å². The molecular formula is C21H20Cl2F2N4O2S. The molecule has 3 aromatic rings. The minimum atomic E-state index is -2.70. The lowest BCUT2D eigenvalue weighted by molar-refractivity contribution is 0.00852. The highest BCUT2D eigenvalue weighted by Crippen LogP contribution is 2.46. The van der Waals surface area contributed by atoms with Gasteiger partial charge in [-0.1, -0.05) is 35.0 Å². The first-order valence-corrected chi connectivity index (χ1v) is 11.7. The Morgan fingerprint density at radius 2 is 1.81 bits per heavy atom. The topological polar surface area (TPSA) is 69.2 Å². The Bertz CT molecular complexity index is 1150. The maximum atomic E-state index is 13.8. The van der Waals surface area contributed by atoms with Crippen molar-refractivity contribution in [1.29, 1.82) is 0 Å². The van der Waals surface area contributed by atoms with Crippen LogP contribution in [0, 0.1) is 0 Å². The molecule has 1 atom stereocenters. The molecule has 1 unspecified atom stereocenters. The number of nitrogens with zero attached hydrogens (tertiary/aromatic N) is 3. The Kier molecular flexibility index (Phi) is 6.51. The lowest BCUT2D eigenvalue weighted by Gasteiger charge is -2.18. The fraction of sp³-hybridized carbons (Fsp3) is 0.381. The van der Waals surface area contributed by atoms with Crippen molar-refractivity contribution in [2.75, 3.05) is 25.8 Å². The van der Waals surface area contributed by atoms with Gasteiger partial charge < -0.3 is 14.8 Å². The average Bonchev–Trinajstić information content (AvgIpc) is 3.12. The van der Waals surface area contributed by atoms with E-state index in [1.807, 2.05) is 6.26 Å². The van der Waals surface area contributed by atoms with E-state index in [-0.39, 0.29) is 22.9 Å². The second-order valence-electron chi connectivity index (χ2n) is 7.37. The van der Waals surface area contributed by atoms with Crippen LogP contribution in [0.2, 0.25) is 10.0 Å². The molecule has 1 saturated carbocycles. The minimum absolute atomic E-state index is 0.169. The quantitative estimate of drug-likeness (QED) is 0.312. The van der Waals surface area contributed by atoms with Crippen molar-refractivity contribution in [3.8, 4) is 22.8 Å². The van der Waals surface area contributed by atoms with Gasteiger partial charge in [-0.25, -0.2) is 23.7 Å². The van der Waals surface area contributed by atoms with E-state index < -0.39 is 12.0 Å². The number of hydrogen-bond acceptors (Lipinski definition) is 7. The number of benzene rings is 1. The summed E-state index contributed by atoms with van der Waals surface area (Å²) in [4.78, 5) is 13.6. The summed E-state index contributed by atoms with van der Waals surface area (Å²) in [6, 6.07) is 2.90. The Hall–Kier alpha value is -2.10. The van der Waals surface area contributed by atoms with Crippen LogP contribution in [-0.2, 0) is 0 Å². The number of ether oxygens (including phenoxy) is 2. The number of methoxy groups -OCH3 is 2. The van der Waals surface area contributed by atoms with E-state index >= 15 is 0 Å². The molecule has 0 bridgehead atoms. The number of pyridine rings is 1. The summed E-state index contributed by atoms with van der Waals surface area (Å²) in [6.07, 6.45) is 3.41. The van der Waals surface area contributed by atoms with E-state index in [0.717, 1.165) is 0 Å². The molecule has 1 aliphatic rings. The van der Waals surface area contributed by atoms with Gasteiger partial charge in [-0.2, -0.15) is 0 Å². The van der Waals surface area contributed by atoms with Gasteiger partial charge in [0.1, 0.15) is 17.0 Å². The number of hydrogen-bond donors (Lipinski definition) is 1. The molecule has 11 heteroatoms. The Labute approximate surface area is 198 Å². The zero-order valence-corrected chi connectivity index (χ0v) is 19.8. The molecule has 0 saturated heterocycles. The average molecular weight is 501 g/mol. The Balaban J connectivity index is 1.90. The zero-order chi connectivity index (χ0) is 23.0. The number of aromatic nitrogens is 3. The lowest BCUT2D eigenvalue weighted by Crippen LogP contribution is -2.20. The monoisotopic (exact) mass is 500 g/mol. The van der Waals surface area contributed by atoms with Gasteiger partial charge in [-0.15, -0.1) is 0 Å². The van der Waals surface area contributed by atoms with Gasteiger partial charge in [-0.3, -0.25) is 0 Å². The summed E-state index contributed by atoms with van der Waals surface area (Å²) in [5.41, 5.74) is 1.35. The van der Waals surface area contributed by atoms with Crippen LogP contribution in [0.5, 0.6) is 11.5 Å². The first kappa shape index (κ1) is 23.1. The van der Waals surface area contributed by atoms with Gasteiger partial charge in [0.2, 0.25) is 5.92 Å². The predicted molar refractivity (Wildman–Crippen MR) is 124 cm³/mol. The van der Waals surface area contributed by atoms with Crippen LogP contribution in [0.25, 0.3) is 22.2 Å². The summed E-state index contributed by atoms with van der Waals surface area (Å²) in [5.74, 6) is -1.60. The SMILES string of the molecule is COc1cc(OC)c(Cl)c(-c2cc3cnc(SC)nc3c(NC3CCC(F)(F)C3)n2)c1Cl. The molecule has 0 aliphatic heterocycles. The highest BCUT2D eigenvalue weighted by molar-refractivity contribution is 7.98. The van der Waals surface area contributed by atoms with Crippen LogP contribution in [0.15, 0.2) is 23.5 Å². The second-order valence-corrected chi connectivity index (χ2v) is 8.90. The number of halogens is 4. The molecule has 1 aliphatic carbocycles. The van der Waals surface area contributed by atoms with E-state index in [4.69, 9.17) is 37.7 Å². The molecule has 0 spiro atoms. The van der Waals surface area contributed by atoms with Crippen molar-refractivity contribution < 1.29 is 18.3 Å². The third-order valence-corrected chi connectivity index (χ3v) is 6.61. The molecule has 0 radical (unpaired) electrons. The third-order valence-electron chi connectivity index (χ3n) is 5.30. The molecule has 32 heavy (non-hydrogen) atoms. The van der Waals surface area contributed by atoms with Gasteiger partial charge in [0, 0.05) is 42.1 Å². The van der Waals surface area contributed by atoms with Crippen LogP contribution >= 0.6 is 35.0 Å². The molecule has 2 heterocycles. The smallest absolute Gasteiger partial charge is 0.250 e. The molecule has 0 amide bonds. The molecule has 2 aromatic heterocycles. The minimum Gasteiger partial charge on any atom is -0.495 e. The molecule has 1 aromatic carbocycles. The van der Waals surface area contributed by atoms with Gasteiger partial charge in [-0.05, 0) is 18.7 Å². The summed E-state index contributed by atoms with van der Waals surface area (Å²) >= 11 is 14.5. The fourth-order valence-corrected chi connectivity index (χ4v) is 4.76. The largest absolute Gasteiger partial charge is 0.495 e. The van der Waals surface area contributed by atoms with E-state index in [0.29, 0.717) is 51.1 Å². The van der Waals surface area contributed by atoms with Crippen LogP contribution in [-0.4, -0.2) is 47.4 Å². The van der Waals surface area contributed by atoms with Crippen LogP contribution < -0.4 is 14.8 Å². The van der Waals surface area contributed by atoms with Crippen molar-refractivity contribution in [1.82, 2.24) is 15.0 Å². The van der Waals surface area contributed by atoms with Gasteiger partial charge in [0.25, 0.3) is 0 Å². The molecule has 1 fully saturated rings. The molecule has 170 valence electrons. The maximum Gasteiger partial charge on any atom is 0.250 e.